The number of anilines is 1. The minimum absolute atomic E-state index is 0.0619. The maximum Gasteiger partial charge on any atom is 0.280 e. The molecule has 0 radical (unpaired) electrons. The van der Waals surface area contributed by atoms with Gasteiger partial charge in [-0.25, -0.2) is 4.98 Å². The van der Waals surface area contributed by atoms with Gasteiger partial charge in [0.2, 0.25) is 5.13 Å². The van der Waals surface area contributed by atoms with Crippen LogP contribution in [0.5, 0.6) is 0 Å². The lowest BCUT2D eigenvalue weighted by Gasteiger charge is -2.22. The summed E-state index contributed by atoms with van der Waals surface area (Å²) in [5, 5.41) is -0.158. The van der Waals surface area contributed by atoms with Gasteiger partial charge in [0.1, 0.15) is 0 Å². The monoisotopic (exact) mass is 473 g/mol. The molecule has 0 atom stereocenters. The summed E-state index contributed by atoms with van der Waals surface area (Å²) in [5.74, 6) is 0. The second-order valence-electron chi connectivity index (χ2n) is 6.80. The smallest absolute Gasteiger partial charge is 0.280 e. The van der Waals surface area contributed by atoms with Crippen molar-refractivity contribution in [2.45, 2.75) is 23.3 Å². The molecule has 2 N–H and O–H groups in total. The number of rotatable bonds is 6. The van der Waals surface area contributed by atoms with Crippen LogP contribution in [0.25, 0.3) is 10.2 Å². The number of aryl methyl sites for hydroxylation is 1. The topological polar surface area (TPSA) is 110 Å². The number of hydrogen-bond acceptors (Lipinski definition) is 7. The van der Waals surface area contributed by atoms with Crippen LogP contribution in [0.1, 0.15) is 11.1 Å². The Kier molecular flexibility index (Phi) is 5.56. The van der Waals surface area contributed by atoms with E-state index in [1.165, 1.54) is 24.3 Å². The number of fused-ring (bicyclic) bond motifs is 1. The van der Waals surface area contributed by atoms with Crippen LogP contribution in [0.3, 0.4) is 0 Å². The van der Waals surface area contributed by atoms with Crippen LogP contribution in [0.15, 0.2) is 82.6 Å². The summed E-state index contributed by atoms with van der Waals surface area (Å²) in [5.41, 5.74) is 7.25. The van der Waals surface area contributed by atoms with Gasteiger partial charge in [-0.05, 0) is 48.4 Å². The second-order valence-corrected chi connectivity index (χ2v) is 11.6. The fraction of sp³-hybridized carbons (Fsp3) is 0.0952. The van der Waals surface area contributed by atoms with Gasteiger partial charge in [0.15, 0.2) is 0 Å². The van der Waals surface area contributed by atoms with Crippen molar-refractivity contribution in [1.29, 1.82) is 0 Å². The van der Waals surface area contributed by atoms with Gasteiger partial charge >= 0.3 is 0 Å². The summed E-state index contributed by atoms with van der Waals surface area (Å²) in [6, 6.07) is 19.2. The van der Waals surface area contributed by atoms with Gasteiger partial charge in [-0.15, -0.1) is 3.71 Å². The minimum Gasteiger partial charge on any atom is -0.326 e. The van der Waals surface area contributed by atoms with E-state index in [-0.39, 0.29) is 21.5 Å². The van der Waals surface area contributed by atoms with Crippen molar-refractivity contribution in [3.8, 4) is 0 Å². The molecule has 3 aromatic carbocycles. The average molecular weight is 474 g/mol. The molecule has 1 heterocycles. The Morgan fingerprint density at radius 3 is 2.32 bits per heavy atom. The van der Waals surface area contributed by atoms with E-state index >= 15 is 0 Å². The third kappa shape index (κ3) is 3.83. The number of sulfonamides is 2. The van der Waals surface area contributed by atoms with Crippen LogP contribution in [0, 0.1) is 6.92 Å². The molecule has 7 nitrogen and oxygen atoms in total. The standard InChI is InChI=1S/C21H19N3O4S3/c1-15-7-6-9-17(13-15)30(25,26)24(21-23-18-10-3-4-11-19(18)29-21)31(27,28)20-12-5-2-8-16(20)14-22/h2-13H,14,22H2,1H3. The van der Waals surface area contributed by atoms with Crippen molar-refractivity contribution in [2.75, 3.05) is 3.71 Å². The van der Waals surface area contributed by atoms with E-state index in [1.54, 1.807) is 55.5 Å². The molecule has 0 bridgehead atoms. The lowest BCUT2D eigenvalue weighted by Crippen LogP contribution is -2.37. The maximum absolute atomic E-state index is 13.8. The van der Waals surface area contributed by atoms with Crippen LogP contribution in [0.2, 0.25) is 0 Å². The summed E-state index contributed by atoms with van der Waals surface area (Å²) in [4.78, 5) is 4.02. The summed E-state index contributed by atoms with van der Waals surface area (Å²) in [7, 11) is -9.05. The Morgan fingerprint density at radius 2 is 1.61 bits per heavy atom. The fourth-order valence-electron chi connectivity index (χ4n) is 3.16. The van der Waals surface area contributed by atoms with Crippen LogP contribution in [-0.2, 0) is 26.6 Å². The van der Waals surface area contributed by atoms with Gasteiger partial charge < -0.3 is 5.73 Å². The fourth-order valence-corrected chi connectivity index (χ4v) is 8.46. The number of benzene rings is 3. The molecule has 0 saturated heterocycles. The lowest BCUT2D eigenvalue weighted by atomic mass is 10.2. The molecular weight excluding hydrogens is 454 g/mol. The molecule has 0 aliphatic carbocycles. The third-order valence-corrected chi connectivity index (χ3v) is 10.1. The molecule has 0 amide bonds. The zero-order valence-corrected chi connectivity index (χ0v) is 18.9. The van der Waals surface area contributed by atoms with Crippen molar-refractivity contribution < 1.29 is 16.8 Å². The van der Waals surface area contributed by atoms with E-state index in [4.69, 9.17) is 5.73 Å². The third-order valence-electron chi connectivity index (χ3n) is 4.63. The molecule has 0 saturated carbocycles. The van der Waals surface area contributed by atoms with E-state index in [0.717, 1.165) is 11.3 Å². The van der Waals surface area contributed by atoms with Crippen LogP contribution < -0.4 is 9.44 Å². The molecule has 10 heteroatoms. The molecule has 4 rings (SSSR count). The summed E-state index contributed by atoms with van der Waals surface area (Å²) >= 11 is 0.991. The molecule has 160 valence electrons. The zero-order chi connectivity index (χ0) is 22.2. The maximum atomic E-state index is 13.8. The molecular formula is C21H19N3O4S3. The van der Waals surface area contributed by atoms with Gasteiger partial charge in [-0.1, -0.05) is 53.8 Å². The van der Waals surface area contributed by atoms with Crippen molar-refractivity contribution in [3.63, 3.8) is 0 Å². The first kappa shape index (κ1) is 21.4. The highest BCUT2D eigenvalue weighted by Crippen LogP contribution is 2.37. The van der Waals surface area contributed by atoms with E-state index < -0.39 is 20.0 Å². The molecule has 0 aliphatic rings. The molecule has 0 fully saturated rings. The molecule has 0 aliphatic heterocycles. The summed E-state index contributed by atoms with van der Waals surface area (Å²) in [6.07, 6.45) is 0. The van der Waals surface area contributed by atoms with Gasteiger partial charge in [0.25, 0.3) is 20.0 Å². The highest BCUT2D eigenvalue weighted by Gasteiger charge is 2.40. The second kappa shape index (κ2) is 8.04. The van der Waals surface area contributed by atoms with Crippen LogP contribution >= 0.6 is 11.3 Å². The van der Waals surface area contributed by atoms with Crippen molar-refractivity contribution >= 4 is 46.7 Å². The summed E-state index contributed by atoms with van der Waals surface area (Å²) < 4.78 is 55.9. The SMILES string of the molecule is Cc1cccc(S(=O)(=O)N(c2nc3ccccc3s2)S(=O)(=O)c2ccccc2CN)c1. The number of hydrogen-bond donors (Lipinski definition) is 1. The largest absolute Gasteiger partial charge is 0.326 e. The van der Waals surface area contributed by atoms with E-state index in [9.17, 15) is 16.8 Å². The number of thiazole rings is 1. The van der Waals surface area contributed by atoms with E-state index in [0.29, 0.717) is 25.1 Å². The molecule has 0 spiro atoms. The molecule has 1 aromatic heterocycles. The van der Waals surface area contributed by atoms with Crippen LogP contribution in [-0.4, -0.2) is 21.8 Å². The van der Waals surface area contributed by atoms with Gasteiger partial charge in [-0.3, -0.25) is 0 Å². The number of nitrogens with zero attached hydrogens (tertiary/aromatic N) is 2. The highest BCUT2D eigenvalue weighted by molar-refractivity contribution is 8.10. The molecule has 4 aromatic rings. The summed E-state index contributed by atoms with van der Waals surface area (Å²) in [6.45, 7) is 1.67. The molecule has 31 heavy (non-hydrogen) atoms. The Hall–Kier alpha value is -2.79. The average Bonchev–Trinajstić information content (AvgIpc) is 3.16. The number of nitrogens with two attached hydrogens (primary N) is 1. The quantitative estimate of drug-likeness (QED) is 0.458. The first-order valence-corrected chi connectivity index (χ1v) is 13.0. The van der Waals surface area contributed by atoms with Gasteiger partial charge in [0, 0.05) is 6.54 Å². The van der Waals surface area contributed by atoms with Crippen molar-refractivity contribution in [3.05, 3.63) is 83.9 Å². The first-order valence-electron chi connectivity index (χ1n) is 9.26. The Morgan fingerprint density at radius 1 is 0.903 bits per heavy atom. The Balaban J connectivity index is 2.02. The van der Waals surface area contributed by atoms with E-state index in [1.807, 2.05) is 0 Å². The van der Waals surface area contributed by atoms with Gasteiger partial charge in [-0.2, -0.15) is 16.8 Å². The predicted molar refractivity (Wildman–Crippen MR) is 122 cm³/mol. The first-order chi connectivity index (χ1) is 14.7. The molecule has 0 unspecified atom stereocenters. The van der Waals surface area contributed by atoms with Gasteiger partial charge in [0.05, 0.1) is 20.0 Å². The van der Waals surface area contributed by atoms with Crippen LogP contribution in [0.4, 0.5) is 5.13 Å². The zero-order valence-electron chi connectivity index (χ0n) is 16.5. The Bertz CT molecular complexity index is 1450. The number of aromatic nitrogens is 1. The Labute approximate surface area is 184 Å². The minimum atomic E-state index is -4.55. The predicted octanol–water partition coefficient (Wildman–Crippen LogP) is 3.65. The highest BCUT2D eigenvalue weighted by atomic mass is 32.3. The number of para-hydroxylation sites is 1. The van der Waals surface area contributed by atoms with Crippen molar-refractivity contribution in [2.24, 2.45) is 5.73 Å². The van der Waals surface area contributed by atoms with E-state index in [2.05, 4.69) is 4.98 Å². The normalized spacial score (nSPS) is 12.2. The van der Waals surface area contributed by atoms with Crippen molar-refractivity contribution in [1.82, 2.24) is 4.98 Å². The lowest BCUT2D eigenvalue weighted by molar-refractivity contribution is 0.583.